The maximum Gasteiger partial charge on any atom is 0.419 e. The maximum atomic E-state index is 14.9. The number of alkyl halides is 8. The van der Waals surface area contributed by atoms with E-state index in [9.17, 15) is 45.5 Å². The summed E-state index contributed by atoms with van der Waals surface area (Å²) in [6, 6.07) is 28.6. The van der Waals surface area contributed by atoms with Gasteiger partial charge in [0.25, 0.3) is 11.7 Å². The highest BCUT2D eigenvalue weighted by Gasteiger charge is 2.63. The number of benzene rings is 4. The van der Waals surface area contributed by atoms with E-state index in [1.54, 1.807) is 60.7 Å². The van der Waals surface area contributed by atoms with E-state index in [2.05, 4.69) is 4.74 Å². The smallest absolute Gasteiger partial charge is 0.419 e. The number of halogens is 8. The van der Waals surface area contributed by atoms with Crippen LogP contribution < -0.4 is 20.9 Å². The van der Waals surface area contributed by atoms with Crippen LogP contribution in [0, 0.1) is 13.8 Å². The number of aromatic nitrogens is 2. The molecule has 0 aliphatic carbocycles. The molecule has 2 atom stereocenters. The maximum absolute atomic E-state index is 14.9. The van der Waals surface area contributed by atoms with Crippen molar-refractivity contribution < 1.29 is 60.1 Å². The average Bonchev–Trinajstić information content (AvgIpc) is 3.64. The van der Waals surface area contributed by atoms with Crippen LogP contribution >= 0.6 is 31.9 Å². The monoisotopic (exact) mass is 952 g/mol. The summed E-state index contributed by atoms with van der Waals surface area (Å²) >= 11 is 3.55. The Morgan fingerprint density at radius 2 is 1.14 bits per heavy atom. The van der Waals surface area contributed by atoms with Gasteiger partial charge in [0, 0.05) is 29.9 Å². The molecule has 2 unspecified atom stereocenters. The molecule has 4 aromatic carbocycles. The molecule has 0 aliphatic heterocycles. The van der Waals surface area contributed by atoms with E-state index in [0.29, 0.717) is 17.4 Å². The summed E-state index contributed by atoms with van der Waals surface area (Å²) < 4.78 is 97.0. The first-order valence-electron chi connectivity index (χ1n) is 17.1. The van der Waals surface area contributed by atoms with Crippen LogP contribution in [0.15, 0.2) is 103 Å². The molecule has 0 radical (unpaired) electrons. The molecule has 11 nitrogen and oxygen atoms in total. The number of carbonyl (C=O) groups excluding carboxylic acids is 3. The molecule has 19 heteroatoms. The van der Waals surface area contributed by atoms with Gasteiger partial charge in [-0.3, -0.25) is 14.4 Å². The van der Waals surface area contributed by atoms with Crippen molar-refractivity contribution in [3.8, 4) is 11.5 Å². The fourth-order valence-electron chi connectivity index (χ4n) is 6.18. The van der Waals surface area contributed by atoms with E-state index in [1.807, 2.05) is 60.0 Å². The van der Waals surface area contributed by atoms with Crippen LogP contribution in [0.1, 0.15) is 32.9 Å². The normalized spacial score (nSPS) is 13.8. The quantitative estimate of drug-likeness (QED) is 0.0427. The summed E-state index contributed by atoms with van der Waals surface area (Å²) in [5.74, 6) is -16.4. The number of ether oxygens (including phenoxy) is 2. The van der Waals surface area contributed by atoms with Crippen molar-refractivity contribution in [2.45, 2.75) is 48.3 Å². The number of amides is 2. The number of carboxylic acids is 1. The van der Waals surface area contributed by atoms with Gasteiger partial charge in [-0.1, -0.05) is 72.8 Å². The third-order valence-electron chi connectivity index (χ3n) is 9.06. The predicted octanol–water partition coefficient (Wildman–Crippen LogP) is 8.30. The van der Waals surface area contributed by atoms with Crippen molar-refractivity contribution in [2.75, 3.05) is 0 Å². The molecule has 2 heterocycles. The summed E-state index contributed by atoms with van der Waals surface area (Å²) in [5, 5.41) is 9.12. The van der Waals surface area contributed by atoms with E-state index in [-0.39, 0.29) is 34.5 Å². The lowest BCUT2D eigenvalue weighted by molar-refractivity contribution is -0.210. The minimum absolute atomic E-state index is 0.162. The van der Waals surface area contributed by atoms with Gasteiger partial charge in [0.1, 0.15) is 11.5 Å². The average molecular weight is 955 g/mol. The molecule has 59 heavy (non-hydrogen) atoms. The Kier molecular flexibility index (Phi) is 12.6. The SMILES string of the molecule is Cc1c(C(=O)C(N)=O)c2c(OC(F)(C(N)=O)C(F)(F)Br)cccc2n1Cc1ccccc1.Cc1cc2c(OC(F)(C(=O)O)C(F)(F)Br)cccc2n1Cc1ccccc1. The van der Waals surface area contributed by atoms with Crippen molar-refractivity contribution >= 4 is 77.2 Å². The Morgan fingerprint density at radius 3 is 1.61 bits per heavy atom. The Morgan fingerprint density at radius 1 is 0.661 bits per heavy atom. The first-order valence-corrected chi connectivity index (χ1v) is 18.7. The number of carbonyl (C=O) groups is 4. The molecule has 0 aliphatic rings. The first-order chi connectivity index (χ1) is 27.5. The molecule has 0 saturated heterocycles. The van der Waals surface area contributed by atoms with E-state index in [1.165, 1.54) is 31.2 Å². The third kappa shape index (κ3) is 8.80. The summed E-state index contributed by atoms with van der Waals surface area (Å²) in [4.78, 5) is 38.0. The van der Waals surface area contributed by atoms with Gasteiger partial charge in [-0.2, -0.15) is 26.3 Å². The number of rotatable bonds is 14. The van der Waals surface area contributed by atoms with Crippen LogP contribution in [0.3, 0.4) is 0 Å². The molecular formula is C40H32Br2F6N4O7. The second-order valence-corrected chi connectivity index (χ2v) is 15.0. The highest BCUT2D eigenvalue weighted by atomic mass is 79.9. The molecule has 2 amide bonds. The summed E-state index contributed by atoms with van der Waals surface area (Å²) in [6.07, 6.45) is 0. The number of aryl methyl sites for hydroxylation is 1. The Hall–Kier alpha value is -5.82. The molecule has 5 N–H and O–H groups in total. The number of fused-ring (bicyclic) bond motifs is 2. The van der Waals surface area contributed by atoms with Crippen molar-refractivity contribution in [3.05, 3.63) is 131 Å². The number of aliphatic carboxylic acids is 1. The molecule has 0 bridgehead atoms. The number of nitrogens with two attached hydrogens (primary N) is 2. The lowest BCUT2D eigenvalue weighted by Crippen LogP contribution is -2.55. The number of hydrogen-bond donors (Lipinski definition) is 3. The van der Waals surface area contributed by atoms with Crippen LogP contribution in [-0.2, 0) is 27.5 Å². The molecule has 6 aromatic rings. The van der Waals surface area contributed by atoms with E-state index in [4.69, 9.17) is 21.3 Å². The molecule has 6 rings (SSSR count). The van der Waals surface area contributed by atoms with Crippen molar-refractivity contribution in [1.82, 2.24) is 9.13 Å². The van der Waals surface area contributed by atoms with Crippen LogP contribution in [0.2, 0.25) is 0 Å². The number of hydrogen-bond acceptors (Lipinski definition) is 6. The molecule has 0 spiro atoms. The zero-order chi connectivity index (χ0) is 43.7. The fourth-order valence-corrected chi connectivity index (χ4v) is 6.70. The number of carboxylic acid groups (broad SMARTS) is 1. The van der Waals surface area contributed by atoms with Gasteiger partial charge in [0.2, 0.25) is 0 Å². The number of primary amides is 2. The minimum atomic E-state index is -4.50. The topological polar surface area (TPSA) is 169 Å². The van der Waals surface area contributed by atoms with Gasteiger partial charge in [-0.25, -0.2) is 4.79 Å². The minimum Gasteiger partial charge on any atom is -0.476 e. The number of Topliss-reactive ketones (excluding diaryl/α,β-unsaturated/α-hetero) is 1. The van der Waals surface area contributed by atoms with Gasteiger partial charge in [-0.05, 0) is 87.2 Å². The Labute approximate surface area is 347 Å². The lowest BCUT2D eigenvalue weighted by Gasteiger charge is -2.27. The van der Waals surface area contributed by atoms with Crippen LogP contribution in [0.25, 0.3) is 21.8 Å². The molecule has 0 saturated carbocycles. The fraction of sp³-hybridized carbons (Fsp3) is 0.200. The second-order valence-electron chi connectivity index (χ2n) is 13.0. The number of ketones is 1. The summed E-state index contributed by atoms with van der Waals surface area (Å²) in [5.41, 5.74) is 13.5. The van der Waals surface area contributed by atoms with Gasteiger partial charge in [0.05, 0.1) is 22.0 Å². The Bertz CT molecular complexity index is 2560. The van der Waals surface area contributed by atoms with E-state index in [0.717, 1.165) is 22.9 Å². The number of nitrogens with zero attached hydrogens (tertiary/aromatic N) is 2. The van der Waals surface area contributed by atoms with Crippen molar-refractivity contribution in [3.63, 3.8) is 0 Å². The highest BCUT2D eigenvalue weighted by molar-refractivity contribution is 9.10. The van der Waals surface area contributed by atoms with Gasteiger partial charge in [-0.15, -0.1) is 0 Å². The Balaban J connectivity index is 0.000000227. The largest absolute Gasteiger partial charge is 0.476 e. The van der Waals surface area contributed by atoms with E-state index < -0.39 is 50.7 Å². The zero-order valence-electron chi connectivity index (χ0n) is 30.7. The van der Waals surface area contributed by atoms with Gasteiger partial charge in [0.15, 0.2) is 0 Å². The standard InChI is InChI=1S/C21H17BrF3N3O4.C19H15BrF3NO3/c1-11-15(17(29)18(26)30)16-13(28(11)10-12-6-3-2-4-7-12)8-5-9-14(16)32-20(23,19(27)31)21(22,24)25;1-12-10-14-15(24(12)11-13-6-3-2-4-7-13)8-5-9-16(14)27-18(21,17(25)26)19(20,22)23/h2-9H,10H2,1H3,(H2,26,30)(H2,27,31);2-10H,11H2,1H3,(H,25,26). The summed E-state index contributed by atoms with van der Waals surface area (Å²) in [7, 11) is 0. The van der Waals surface area contributed by atoms with Gasteiger partial charge < -0.3 is 35.2 Å². The third-order valence-corrected chi connectivity index (χ3v) is 10.1. The van der Waals surface area contributed by atoms with Crippen molar-refractivity contribution in [2.24, 2.45) is 11.5 Å². The highest BCUT2D eigenvalue weighted by Crippen LogP contribution is 2.44. The molecule has 0 fully saturated rings. The second kappa shape index (κ2) is 16.8. The van der Waals surface area contributed by atoms with Crippen molar-refractivity contribution in [1.29, 1.82) is 0 Å². The predicted molar refractivity (Wildman–Crippen MR) is 211 cm³/mol. The van der Waals surface area contributed by atoms with Crippen LogP contribution in [0.5, 0.6) is 11.5 Å². The molecular weight excluding hydrogens is 922 g/mol. The lowest BCUT2D eigenvalue weighted by atomic mass is 10.1. The van der Waals surface area contributed by atoms with E-state index >= 15 is 0 Å². The molecule has 2 aromatic heterocycles. The summed E-state index contributed by atoms with van der Waals surface area (Å²) in [6.45, 7) is 4.06. The first kappa shape index (κ1) is 44.3. The van der Waals surface area contributed by atoms with Crippen LogP contribution in [0.4, 0.5) is 26.3 Å². The zero-order valence-corrected chi connectivity index (χ0v) is 33.9. The molecule has 310 valence electrons. The van der Waals surface area contributed by atoms with Crippen LogP contribution in [-0.4, -0.2) is 59.2 Å². The van der Waals surface area contributed by atoms with Gasteiger partial charge >= 0.3 is 33.2 Å².